The fourth-order valence-electron chi connectivity index (χ4n) is 2.80. The zero-order valence-electron chi connectivity index (χ0n) is 17.2. The summed E-state index contributed by atoms with van der Waals surface area (Å²) >= 11 is 0. The molecule has 0 radical (unpaired) electrons. The molecule has 1 N–H and O–H groups in total. The molecule has 0 atom stereocenters. The Morgan fingerprint density at radius 2 is 1.87 bits per heavy atom. The summed E-state index contributed by atoms with van der Waals surface area (Å²) < 4.78 is 2.09. The van der Waals surface area contributed by atoms with E-state index in [9.17, 15) is 14.4 Å². The van der Waals surface area contributed by atoms with Crippen LogP contribution < -0.4 is 16.6 Å². The molecule has 0 saturated carbocycles. The first-order valence-corrected chi connectivity index (χ1v) is 9.50. The lowest BCUT2D eigenvalue weighted by molar-refractivity contribution is 0.0941. The molecule has 0 aliphatic carbocycles. The third-order valence-electron chi connectivity index (χ3n) is 4.46. The largest absolute Gasteiger partial charge is 0.352 e. The van der Waals surface area contributed by atoms with Crippen LogP contribution in [0.3, 0.4) is 0 Å². The molecule has 0 aliphatic rings. The van der Waals surface area contributed by atoms with Gasteiger partial charge < -0.3 is 10.2 Å². The number of pyridine rings is 1. The highest BCUT2D eigenvalue weighted by Crippen LogP contribution is 2.06. The highest BCUT2D eigenvalue weighted by Gasteiger charge is 2.20. The number of nitrogens with zero attached hydrogens (tertiary/aromatic N) is 5. The van der Waals surface area contributed by atoms with Crippen molar-refractivity contribution in [3.63, 3.8) is 0 Å². The molecule has 0 unspecified atom stereocenters. The molecule has 3 rings (SSSR count). The number of carbonyl (C=O) groups excluding carboxylic acids is 1. The average molecular weight is 408 g/mol. The van der Waals surface area contributed by atoms with Gasteiger partial charge in [-0.2, -0.15) is 9.78 Å². The van der Waals surface area contributed by atoms with Crippen molar-refractivity contribution in [1.82, 2.24) is 29.5 Å². The van der Waals surface area contributed by atoms with E-state index in [1.54, 1.807) is 36.7 Å². The average Bonchev–Trinajstić information content (AvgIpc) is 2.72. The van der Waals surface area contributed by atoms with E-state index in [-0.39, 0.29) is 12.2 Å². The number of amides is 1. The Kier molecular flexibility index (Phi) is 6.53. The molecule has 2 heterocycles. The molecule has 0 saturated heterocycles. The number of aromatic nitrogens is 4. The van der Waals surface area contributed by atoms with Crippen molar-refractivity contribution >= 4 is 5.91 Å². The molecule has 3 aromatic rings. The monoisotopic (exact) mass is 408 g/mol. The SMILES string of the molecule is Cc1ccc(-n2nc(C(=O)NCCN(C)C)c(=O)n(Cc3cccnc3)c2=O)cc1. The van der Waals surface area contributed by atoms with Crippen molar-refractivity contribution in [1.29, 1.82) is 0 Å². The van der Waals surface area contributed by atoms with Gasteiger partial charge in [0.25, 0.3) is 11.5 Å². The fraction of sp³-hybridized carbons (Fsp3) is 0.286. The number of rotatable bonds is 7. The molecule has 0 bridgehead atoms. The number of nitrogens with one attached hydrogen (secondary N) is 1. The zero-order valence-corrected chi connectivity index (χ0v) is 17.2. The van der Waals surface area contributed by atoms with Gasteiger partial charge in [0.05, 0.1) is 12.2 Å². The Hall–Kier alpha value is -3.59. The lowest BCUT2D eigenvalue weighted by atomic mass is 10.2. The summed E-state index contributed by atoms with van der Waals surface area (Å²) in [5, 5.41) is 6.79. The summed E-state index contributed by atoms with van der Waals surface area (Å²) in [5.41, 5.74) is 0.437. The minimum Gasteiger partial charge on any atom is -0.349 e. The van der Waals surface area contributed by atoms with E-state index in [0.717, 1.165) is 14.8 Å². The van der Waals surface area contributed by atoms with Crippen LogP contribution >= 0.6 is 0 Å². The van der Waals surface area contributed by atoms with Crippen LogP contribution in [0.2, 0.25) is 0 Å². The Morgan fingerprint density at radius 3 is 2.50 bits per heavy atom. The van der Waals surface area contributed by atoms with Crippen molar-refractivity contribution in [2.24, 2.45) is 0 Å². The van der Waals surface area contributed by atoms with Gasteiger partial charge in [-0.1, -0.05) is 23.8 Å². The molecule has 1 aromatic carbocycles. The van der Waals surface area contributed by atoms with Crippen LogP contribution in [-0.4, -0.2) is 57.3 Å². The first-order valence-electron chi connectivity index (χ1n) is 9.50. The minimum absolute atomic E-state index is 0.0160. The second-order valence-electron chi connectivity index (χ2n) is 7.19. The normalized spacial score (nSPS) is 10.9. The molecule has 30 heavy (non-hydrogen) atoms. The van der Waals surface area contributed by atoms with Gasteiger partial charge in [0.2, 0.25) is 5.69 Å². The van der Waals surface area contributed by atoms with E-state index >= 15 is 0 Å². The van der Waals surface area contributed by atoms with Gasteiger partial charge >= 0.3 is 5.69 Å². The molecule has 0 spiro atoms. The second kappa shape index (κ2) is 9.27. The summed E-state index contributed by atoms with van der Waals surface area (Å²) in [6, 6.07) is 10.6. The van der Waals surface area contributed by atoms with Crippen LogP contribution in [0.1, 0.15) is 21.6 Å². The predicted octanol–water partition coefficient (Wildman–Crippen LogP) is 0.437. The Bertz CT molecular complexity index is 1130. The number of benzene rings is 1. The highest BCUT2D eigenvalue weighted by atomic mass is 16.2. The minimum atomic E-state index is -0.741. The van der Waals surface area contributed by atoms with Crippen molar-refractivity contribution in [2.75, 3.05) is 27.2 Å². The van der Waals surface area contributed by atoms with Crippen molar-refractivity contribution in [2.45, 2.75) is 13.5 Å². The molecule has 156 valence electrons. The highest BCUT2D eigenvalue weighted by molar-refractivity contribution is 5.91. The van der Waals surface area contributed by atoms with Crippen molar-refractivity contribution in [3.05, 3.63) is 86.5 Å². The third kappa shape index (κ3) is 4.87. The summed E-state index contributed by atoms with van der Waals surface area (Å²) in [4.78, 5) is 44.6. The number of hydrogen-bond donors (Lipinski definition) is 1. The molecular weight excluding hydrogens is 384 g/mol. The Morgan fingerprint density at radius 1 is 1.13 bits per heavy atom. The van der Waals surface area contributed by atoms with Crippen LogP contribution in [0.5, 0.6) is 0 Å². The first kappa shape index (κ1) is 21.1. The molecule has 1 amide bonds. The molecule has 9 nitrogen and oxygen atoms in total. The van der Waals surface area contributed by atoms with Gasteiger partial charge in [-0.3, -0.25) is 19.1 Å². The maximum atomic E-state index is 13.1. The number of carbonyl (C=O) groups is 1. The van der Waals surface area contributed by atoms with E-state index in [2.05, 4.69) is 15.4 Å². The van der Waals surface area contributed by atoms with Gasteiger partial charge in [-0.15, -0.1) is 0 Å². The standard InChI is InChI=1S/C21H24N6O3/c1-15-6-8-17(9-7-15)27-21(30)26(14-16-5-4-10-22-13-16)20(29)18(24-27)19(28)23-11-12-25(2)3/h4-10,13H,11-12,14H2,1-3H3,(H,23,28). The van der Waals surface area contributed by atoms with E-state index in [1.807, 2.05) is 38.1 Å². The van der Waals surface area contributed by atoms with E-state index in [1.165, 1.54) is 0 Å². The van der Waals surface area contributed by atoms with Crippen molar-refractivity contribution < 1.29 is 4.79 Å². The van der Waals surface area contributed by atoms with Crippen LogP contribution in [-0.2, 0) is 6.54 Å². The smallest absolute Gasteiger partial charge is 0.349 e. The van der Waals surface area contributed by atoms with E-state index < -0.39 is 17.2 Å². The van der Waals surface area contributed by atoms with Crippen LogP contribution in [0.15, 0.2) is 58.4 Å². The van der Waals surface area contributed by atoms with Crippen LogP contribution in [0, 0.1) is 6.92 Å². The van der Waals surface area contributed by atoms with Crippen LogP contribution in [0.25, 0.3) is 5.69 Å². The van der Waals surface area contributed by atoms with Gasteiger partial charge in [-0.05, 0) is 44.8 Å². The number of hydrogen-bond acceptors (Lipinski definition) is 6. The summed E-state index contributed by atoms with van der Waals surface area (Å²) in [6.45, 7) is 2.86. The Balaban J connectivity index is 2.09. The maximum Gasteiger partial charge on any atom is 0.352 e. The fourth-order valence-corrected chi connectivity index (χ4v) is 2.80. The lowest BCUT2D eigenvalue weighted by Crippen LogP contribution is -2.46. The maximum absolute atomic E-state index is 13.1. The molecular formula is C21H24N6O3. The molecule has 9 heteroatoms. The number of aryl methyl sites for hydroxylation is 1. The van der Waals surface area contributed by atoms with Gasteiger partial charge in [0.15, 0.2) is 0 Å². The van der Waals surface area contributed by atoms with Gasteiger partial charge in [0.1, 0.15) is 0 Å². The second-order valence-corrected chi connectivity index (χ2v) is 7.19. The molecule has 2 aromatic heterocycles. The lowest BCUT2D eigenvalue weighted by Gasteiger charge is -2.13. The zero-order chi connectivity index (χ0) is 21.7. The van der Waals surface area contributed by atoms with E-state index in [4.69, 9.17) is 0 Å². The third-order valence-corrected chi connectivity index (χ3v) is 4.46. The van der Waals surface area contributed by atoms with Crippen LogP contribution in [0.4, 0.5) is 0 Å². The molecule has 0 aliphatic heterocycles. The predicted molar refractivity (Wildman–Crippen MR) is 113 cm³/mol. The molecule has 0 fully saturated rings. The number of likely N-dealkylation sites (N-methyl/N-ethyl adjacent to an activating group) is 1. The summed E-state index contributed by atoms with van der Waals surface area (Å²) in [5.74, 6) is -0.623. The first-order chi connectivity index (χ1) is 14.4. The topological polar surface area (TPSA) is 102 Å². The van der Waals surface area contributed by atoms with Gasteiger partial charge in [0, 0.05) is 25.5 Å². The summed E-state index contributed by atoms with van der Waals surface area (Å²) in [6.07, 6.45) is 3.17. The van der Waals surface area contributed by atoms with Crippen molar-refractivity contribution in [3.8, 4) is 5.69 Å². The quantitative estimate of drug-likeness (QED) is 0.609. The van der Waals surface area contributed by atoms with Gasteiger partial charge in [-0.25, -0.2) is 4.79 Å². The summed E-state index contributed by atoms with van der Waals surface area (Å²) in [7, 11) is 3.76. The van der Waals surface area contributed by atoms with E-state index in [0.29, 0.717) is 24.3 Å². The Labute approximate surface area is 173 Å².